The first-order valence-corrected chi connectivity index (χ1v) is 8.65. The molecule has 0 aromatic rings. The van der Waals surface area contributed by atoms with Crippen LogP contribution >= 0.6 is 0 Å². The van der Waals surface area contributed by atoms with Crippen molar-refractivity contribution in [2.24, 2.45) is 0 Å². The van der Waals surface area contributed by atoms with E-state index in [1.165, 1.54) is 44.9 Å². The third-order valence-corrected chi connectivity index (χ3v) is 5.94. The maximum atomic E-state index is 12.4. The van der Waals surface area contributed by atoms with Gasteiger partial charge in [0.15, 0.2) is 0 Å². The molecule has 0 aromatic heterocycles. The molecule has 0 radical (unpaired) electrons. The zero-order valence-electron chi connectivity index (χ0n) is 14.1. The molecule has 0 aliphatic heterocycles. The second kappa shape index (κ2) is 7.10. The Morgan fingerprint density at radius 2 is 1.57 bits per heavy atom. The summed E-state index contributed by atoms with van der Waals surface area (Å²) in [6.45, 7) is 0.804. The molecule has 122 valence electrons. The van der Waals surface area contributed by atoms with Crippen molar-refractivity contribution in [2.75, 3.05) is 27.7 Å². The molecule has 2 aliphatic rings. The summed E-state index contributed by atoms with van der Waals surface area (Å²) in [4.78, 5) is 14.7. The lowest BCUT2D eigenvalue weighted by Gasteiger charge is -2.39. The number of nitrogens with one attached hydrogen (secondary N) is 2. The van der Waals surface area contributed by atoms with Gasteiger partial charge in [-0.25, -0.2) is 0 Å². The Morgan fingerprint density at radius 3 is 2.10 bits per heavy atom. The molecule has 2 saturated carbocycles. The van der Waals surface area contributed by atoms with E-state index in [1.807, 2.05) is 7.05 Å². The second-order valence-corrected chi connectivity index (χ2v) is 7.37. The smallest absolute Gasteiger partial charge is 0.221 e. The molecule has 21 heavy (non-hydrogen) atoms. The quantitative estimate of drug-likeness (QED) is 0.790. The van der Waals surface area contributed by atoms with E-state index in [9.17, 15) is 4.79 Å². The van der Waals surface area contributed by atoms with Gasteiger partial charge in [-0.05, 0) is 46.8 Å². The fourth-order valence-electron chi connectivity index (χ4n) is 4.19. The van der Waals surface area contributed by atoms with Crippen molar-refractivity contribution in [1.29, 1.82) is 0 Å². The lowest BCUT2D eigenvalue weighted by Crippen LogP contribution is -2.53. The minimum Gasteiger partial charge on any atom is -0.354 e. The van der Waals surface area contributed by atoms with Crippen LogP contribution in [0.25, 0.3) is 0 Å². The van der Waals surface area contributed by atoms with Crippen LogP contribution in [-0.4, -0.2) is 49.6 Å². The van der Waals surface area contributed by atoms with Crippen molar-refractivity contribution in [3.05, 3.63) is 0 Å². The standard InChI is InChI=1S/C17H33N3O/c1-18-16(9-5-4-6-10-16)13-15(21)19-14-17(20(2)3)11-7-8-12-17/h18H,4-14H2,1-3H3,(H,19,21). The molecule has 2 N–H and O–H groups in total. The zero-order valence-corrected chi connectivity index (χ0v) is 14.1. The van der Waals surface area contributed by atoms with Gasteiger partial charge in [0.1, 0.15) is 0 Å². The Hall–Kier alpha value is -0.610. The minimum atomic E-state index is 0.0449. The fraction of sp³-hybridized carbons (Fsp3) is 0.941. The van der Waals surface area contributed by atoms with Crippen molar-refractivity contribution >= 4 is 5.91 Å². The number of hydrogen-bond acceptors (Lipinski definition) is 3. The number of carbonyl (C=O) groups excluding carboxylic acids is 1. The first kappa shape index (κ1) is 16.8. The Morgan fingerprint density at radius 1 is 1.00 bits per heavy atom. The van der Waals surface area contributed by atoms with Crippen molar-refractivity contribution < 1.29 is 4.79 Å². The van der Waals surface area contributed by atoms with Crippen LogP contribution in [0.5, 0.6) is 0 Å². The van der Waals surface area contributed by atoms with Gasteiger partial charge in [0.05, 0.1) is 0 Å². The van der Waals surface area contributed by atoms with E-state index >= 15 is 0 Å². The number of likely N-dealkylation sites (N-methyl/N-ethyl adjacent to an activating group) is 1. The summed E-state index contributed by atoms with van der Waals surface area (Å²) in [6, 6.07) is 0. The maximum Gasteiger partial charge on any atom is 0.221 e. The number of amides is 1. The molecule has 0 spiro atoms. The molecular formula is C17H33N3O. The molecule has 0 unspecified atom stereocenters. The number of carbonyl (C=O) groups is 1. The Kier molecular flexibility index (Phi) is 5.67. The van der Waals surface area contributed by atoms with Crippen molar-refractivity contribution in [3.8, 4) is 0 Å². The molecule has 0 saturated heterocycles. The van der Waals surface area contributed by atoms with E-state index in [-0.39, 0.29) is 17.0 Å². The third kappa shape index (κ3) is 3.98. The van der Waals surface area contributed by atoms with E-state index in [1.54, 1.807) is 0 Å². The molecule has 0 heterocycles. The van der Waals surface area contributed by atoms with Crippen LogP contribution in [0, 0.1) is 0 Å². The van der Waals surface area contributed by atoms with Gasteiger partial charge in [-0.1, -0.05) is 32.1 Å². The SMILES string of the molecule is CNC1(CC(=O)NCC2(N(C)C)CCCC2)CCCCC1. The summed E-state index contributed by atoms with van der Waals surface area (Å²) in [5.74, 6) is 0.222. The lowest BCUT2D eigenvalue weighted by atomic mass is 9.79. The molecule has 4 heteroatoms. The highest BCUT2D eigenvalue weighted by Gasteiger charge is 2.37. The highest BCUT2D eigenvalue weighted by Crippen LogP contribution is 2.34. The summed E-state index contributed by atoms with van der Waals surface area (Å²) in [6.07, 6.45) is 11.7. The Bertz CT molecular complexity index is 342. The van der Waals surface area contributed by atoms with Gasteiger partial charge in [0, 0.05) is 24.0 Å². The van der Waals surface area contributed by atoms with Gasteiger partial charge in [-0.15, -0.1) is 0 Å². The average Bonchev–Trinajstić information content (AvgIpc) is 2.96. The molecule has 1 amide bonds. The van der Waals surface area contributed by atoms with E-state index in [2.05, 4.69) is 29.6 Å². The first-order chi connectivity index (χ1) is 10.0. The number of nitrogens with zero attached hydrogens (tertiary/aromatic N) is 1. The zero-order chi connectivity index (χ0) is 15.3. The molecule has 2 fully saturated rings. The van der Waals surface area contributed by atoms with Crippen LogP contribution in [0.3, 0.4) is 0 Å². The van der Waals surface area contributed by atoms with Gasteiger partial charge in [0.25, 0.3) is 0 Å². The van der Waals surface area contributed by atoms with Crippen LogP contribution in [0.1, 0.15) is 64.2 Å². The summed E-state index contributed by atoms with van der Waals surface area (Å²) in [5.41, 5.74) is 0.234. The summed E-state index contributed by atoms with van der Waals surface area (Å²) >= 11 is 0. The summed E-state index contributed by atoms with van der Waals surface area (Å²) in [7, 11) is 6.30. The van der Waals surface area contributed by atoms with Crippen LogP contribution in [0.2, 0.25) is 0 Å². The molecule has 4 nitrogen and oxygen atoms in total. The van der Waals surface area contributed by atoms with Gasteiger partial charge >= 0.3 is 0 Å². The maximum absolute atomic E-state index is 12.4. The predicted octanol–water partition coefficient (Wildman–Crippen LogP) is 2.29. The van der Waals surface area contributed by atoms with Crippen LogP contribution in [-0.2, 0) is 4.79 Å². The van der Waals surface area contributed by atoms with E-state index in [0.717, 1.165) is 19.4 Å². The van der Waals surface area contributed by atoms with E-state index in [0.29, 0.717) is 6.42 Å². The Labute approximate surface area is 130 Å². The molecule has 2 rings (SSSR count). The monoisotopic (exact) mass is 295 g/mol. The normalized spacial score (nSPS) is 24.2. The lowest BCUT2D eigenvalue weighted by molar-refractivity contribution is -0.123. The van der Waals surface area contributed by atoms with Gasteiger partial charge in [-0.3, -0.25) is 4.79 Å². The van der Waals surface area contributed by atoms with Crippen LogP contribution in [0.15, 0.2) is 0 Å². The van der Waals surface area contributed by atoms with Crippen molar-refractivity contribution in [2.45, 2.75) is 75.3 Å². The van der Waals surface area contributed by atoms with Gasteiger partial charge in [0.2, 0.25) is 5.91 Å². The highest BCUT2D eigenvalue weighted by atomic mass is 16.1. The van der Waals surface area contributed by atoms with Crippen molar-refractivity contribution in [3.63, 3.8) is 0 Å². The predicted molar refractivity (Wildman–Crippen MR) is 87.4 cm³/mol. The Balaban J connectivity index is 1.86. The largest absolute Gasteiger partial charge is 0.354 e. The topological polar surface area (TPSA) is 44.4 Å². The highest BCUT2D eigenvalue weighted by molar-refractivity contribution is 5.77. The van der Waals surface area contributed by atoms with Crippen molar-refractivity contribution in [1.82, 2.24) is 15.5 Å². The molecular weight excluding hydrogens is 262 g/mol. The second-order valence-electron chi connectivity index (χ2n) is 7.37. The van der Waals surface area contributed by atoms with Gasteiger partial charge < -0.3 is 15.5 Å². The fourth-order valence-corrected chi connectivity index (χ4v) is 4.19. The first-order valence-electron chi connectivity index (χ1n) is 8.65. The molecule has 0 bridgehead atoms. The number of rotatable bonds is 6. The molecule has 0 aromatic carbocycles. The van der Waals surface area contributed by atoms with Crippen LogP contribution in [0.4, 0.5) is 0 Å². The summed E-state index contributed by atoms with van der Waals surface area (Å²) < 4.78 is 0. The third-order valence-electron chi connectivity index (χ3n) is 5.94. The van der Waals surface area contributed by atoms with E-state index < -0.39 is 0 Å². The van der Waals surface area contributed by atoms with Crippen LogP contribution < -0.4 is 10.6 Å². The molecule has 2 aliphatic carbocycles. The number of hydrogen-bond donors (Lipinski definition) is 2. The van der Waals surface area contributed by atoms with Gasteiger partial charge in [-0.2, -0.15) is 0 Å². The van der Waals surface area contributed by atoms with E-state index in [4.69, 9.17) is 0 Å². The molecule has 0 atom stereocenters. The summed E-state index contributed by atoms with van der Waals surface area (Å²) in [5, 5.41) is 6.67. The average molecular weight is 295 g/mol. The minimum absolute atomic E-state index is 0.0449.